The minimum atomic E-state index is -0.303. The van der Waals surface area contributed by atoms with Crippen LogP contribution in [0.5, 0.6) is 5.75 Å². The second kappa shape index (κ2) is 6.04. The van der Waals surface area contributed by atoms with Gasteiger partial charge in [-0.15, -0.1) is 0 Å². The van der Waals surface area contributed by atoms with Crippen molar-refractivity contribution in [1.29, 1.82) is 0 Å². The summed E-state index contributed by atoms with van der Waals surface area (Å²) in [5.74, 6) is 1.15. The molecule has 1 aromatic carbocycles. The smallest absolute Gasteiger partial charge is 0.260 e. The van der Waals surface area contributed by atoms with Crippen LogP contribution in [-0.2, 0) is 0 Å². The molecule has 0 spiro atoms. The molecule has 3 aromatic rings. The molecule has 0 aliphatic heterocycles. The van der Waals surface area contributed by atoms with Crippen molar-refractivity contribution < 1.29 is 9.53 Å². The standard InChI is InChI=1S/C15H13N5O2/c1-22-12-6-3-2-5-11(12)15(21)19-13-9-14(17-10-16-13)20-8-4-7-18-20/h2-10H,1H3,(H,16,17,19,21). The van der Waals surface area contributed by atoms with Crippen LogP contribution in [0.15, 0.2) is 55.1 Å². The average molecular weight is 295 g/mol. The van der Waals surface area contributed by atoms with Gasteiger partial charge in [-0.25, -0.2) is 14.6 Å². The minimum Gasteiger partial charge on any atom is -0.496 e. The highest BCUT2D eigenvalue weighted by molar-refractivity contribution is 6.05. The maximum Gasteiger partial charge on any atom is 0.260 e. The molecule has 0 saturated heterocycles. The number of methoxy groups -OCH3 is 1. The van der Waals surface area contributed by atoms with Crippen molar-refractivity contribution in [3.63, 3.8) is 0 Å². The number of anilines is 1. The fourth-order valence-corrected chi connectivity index (χ4v) is 1.96. The van der Waals surface area contributed by atoms with Crippen molar-refractivity contribution >= 4 is 11.7 Å². The van der Waals surface area contributed by atoms with Crippen LogP contribution < -0.4 is 10.1 Å². The van der Waals surface area contributed by atoms with Crippen LogP contribution in [0, 0.1) is 0 Å². The Labute approximate surface area is 126 Å². The SMILES string of the molecule is COc1ccccc1C(=O)Nc1cc(-n2cccn2)ncn1. The van der Waals surface area contributed by atoms with Crippen molar-refractivity contribution in [3.8, 4) is 11.6 Å². The van der Waals surface area contributed by atoms with E-state index in [9.17, 15) is 4.79 Å². The largest absolute Gasteiger partial charge is 0.496 e. The van der Waals surface area contributed by atoms with Crippen LogP contribution >= 0.6 is 0 Å². The van der Waals surface area contributed by atoms with E-state index in [1.54, 1.807) is 53.5 Å². The first-order valence-corrected chi connectivity index (χ1v) is 6.54. The van der Waals surface area contributed by atoms with Gasteiger partial charge in [0, 0.05) is 18.5 Å². The Morgan fingerprint density at radius 3 is 2.86 bits per heavy atom. The van der Waals surface area contributed by atoms with Crippen LogP contribution in [0.4, 0.5) is 5.82 Å². The number of nitrogens with zero attached hydrogens (tertiary/aromatic N) is 4. The maximum atomic E-state index is 12.3. The molecule has 0 aliphatic carbocycles. The summed E-state index contributed by atoms with van der Waals surface area (Å²) in [6.45, 7) is 0. The molecule has 2 aromatic heterocycles. The average Bonchev–Trinajstić information content (AvgIpc) is 3.09. The molecule has 0 fully saturated rings. The molecular weight excluding hydrogens is 282 g/mol. The van der Waals surface area contributed by atoms with Gasteiger partial charge in [0.15, 0.2) is 5.82 Å². The van der Waals surface area contributed by atoms with E-state index in [0.717, 1.165) is 0 Å². The summed E-state index contributed by atoms with van der Waals surface area (Å²) in [6.07, 6.45) is 4.78. The first-order chi connectivity index (χ1) is 10.8. The van der Waals surface area contributed by atoms with Gasteiger partial charge in [-0.05, 0) is 18.2 Å². The second-order valence-electron chi connectivity index (χ2n) is 4.37. The summed E-state index contributed by atoms with van der Waals surface area (Å²) < 4.78 is 6.76. The van der Waals surface area contributed by atoms with Crippen LogP contribution in [0.2, 0.25) is 0 Å². The molecule has 22 heavy (non-hydrogen) atoms. The molecule has 2 heterocycles. The Balaban J connectivity index is 1.84. The molecule has 1 N–H and O–H groups in total. The van der Waals surface area contributed by atoms with Crippen molar-refractivity contribution in [2.24, 2.45) is 0 Å². The quantitative estimate of drug-likeness (QED) is 0.795. The molecule has 3 rings (SSSR count). The molecule has 110 valence electrons. The lowest BCUT2D eigenvalue weighted by Gasteiger charge is -2.09. The zero-order chi connectivity index (χ0) is 15.4. The lowest BCUT2D eigenvalue weighted by Crippen LogP contribution is -2.14. The molecule has 0 radical (unpaired) electrons. The zero-order valence-electron chi connectivity index (χ0n) is 11.8. The van der Waals surface area contributed by atoms with E-state index in [-0.39, 0.29) is 5.91 Å². The zero-order valence-corrected chi connectivity index (χ0v) is 11.8. The molecule has 0 aliphatic rings. The monoisotopic (exact) mass is 295 g/mol. The molecule has 0 atom stereocenters. The molecule has 7 nitrogen and oxygen atoms in total. The Hall–Kier alpha value is -3.22. The number of nitrogens with one attached hydrogen (secondary N) is 1. The van der Waals surface area contributed by atoms with Gasteiger partial charge in [-0.1, -0.05) is 12.1 Å². The number of para-hydroxylation sites is 1. The second-order valence-corrected chi connectivity index (χ2v) is 4.37. The Kier molecular flexibility index (Phi) is 3.78. The summed E-state index contributed by atoms with van der Waals surface area (Å²) >= 11 is 0. The van der Waals surface area contributed by atoms with E-state index in [0.29, 0.717) is 22.9 Å². The molecular formula is C15H13N5O2. The van der Waals surface area contributed by atoms with E-state index in [2.05, 4.69) is 20.4 Å². The van der Waals surface area contributed by atoms with Crippen molar-refractivity contribution in [3.05, 3.63) is 60.7 Å². The summed E-state index contributed by atoms with van der Waals surface area (Å²) in [5, 5.41) is 6.81. The van der Waals surface area contributed by atoms with Crippen LogP contribution in [0.25, 0.3) is 5.82 Å². The van der Waals surface area contributed by atoms with Crippen LogP contribution in [0.1, 0.15) is 10.4 Å². The fourth-order valence-electron chi connectivity index (χ4n) is 1.96. The number of benzene rings is 1. The summed E-state index contributed by atoms with van der Waals surface area (Å²) in [6, 6.07) is 10.4. The number of carbonyl (C=O) groups excluding carboxylic acids is 1. The molecule has 0 unspecified atom stereocenters. The van der Waals surface area contributed by atoms with Gasteiger partial charge in [0.1, 0.15) is 17.9 Å². The fraction of sp³-hybridized carbons (Fsp3) is 0.0667. The number of ether oxygens (including phenoxy) is 1. The third kappa shape index (κ3) is 2.78. The lowest BCUT2D eigenvalue weighted by molar-refractivity contribution is 0.102. The van der Waals surface area contributed by atoms with Gasteiger partial charge >= 0.3 is 0 Å². The highest BCUT2D eigenvalue weighted by atomic mass is 16.5. The molecule has 1 amide bonds. The van der Waals surface area contributed by atoms with E-state index in [1.165, 1.54) is 13.4 Å². The maximum absolute atomic E-state index is 12.3. The molecule has 7 heteroatoms. The van der Waals surface area contributed by atoms with Crippen LogP contribution in [0.3, 0.4) is 0 Å². The predicted molar refractivity (Wildman–Crippen MR) is 80.1 cm³/mol. The highest BCUT2D eigenvalue weighted by Gasteiger charge is 2.12. The van der Waals surface area contributed by atoms with E-state index in [4.69, 9.17) is 4.74 Å². The summed E-state index contributed by atoms with van der Waals surface area (Å²) in [5.41, 5.74) is 0.434. The number of hydrogen-bond acceptors (Lipinski definition) is 5. The Bertz CT molecular complexity index is 786. The lowest BCUT2D eigenvalue weighted by atomic mass is 10.2. The van der Waals surface area contributed by atoms with Gasteiger partial charge in [-0.2, -0.15) is 5.10 Å². The summed E-state index contributed by atoms with van der Waals surface area (Å²) in [7, 11) is 1.52. The van der Waals surface area contributed by atoms with Gasteiger partial charge in [-0.3, -0.25) is 4.79 Å². The Morgan fingerprint density at radius 1 is 1.23 bits per heavy atom. The number of amides is 1. The Morgan fingerprint density at radius 2 is 2.09 bits per heavy atom. The van der Waals surface area contributed by atoms with Crippen molar-refractivity contribution in [2.75, 3.05) is 12.4 Å². The van der Waals surface area contributed by atoms with Gasteiger partial charge in [0.25, 0.3) is 5.91 Å². The van der Waals surface area contributed by atoms with Crippen molar-refractivity contribution in [2.45, 2.75) is 0 Å². The number of carbonyl (C=O) groups is 1. The molecule has 0 bridgehead atoms. The van der Waals surface area contributed by atoms with Gasteiger partial charge < -0.3 is 10.1 Å². The first-order valence-electron chi connectivity index (χ1n) is 6.54. The highest BCUT2D eigenvalue weighted by Crippen LogP contribution is 2.18. The topological polar surface area (TPSA) is 81.9 Å². The third-order valence-corrected chi connectivity index (χ3v) is 2.98. The summed E-state index contributed by atoms with van der Waals surface area (Å²) in [4.78, 5) is 20.5. The predicted octanol–water partition coefficient (Wildman–Crippen LogP) is 1.92. The first kappa shape index (κ1) is 13.7. The van der Waals surface area contributed by atoms with Gasteiger partial charge in [0.05, 0.1) is 12.7 Å². The van der Waals surface area contributed by atoms with E-state index < -0.39 is 0 Å². The number of hydrogen-bond donors (Lipinski definition) is 1. The molecule has 0 saturated carbocycles. The van der Waals surface area contributed by atoms with E-state index >= 15 is 0 Å². The minimum absolute atomic E-state index is 0.303. The van der Waals surface area contributed by atoms with E-state index in [1.807, 2.05) is 0 Å². The number of aromatic nitrogens is 4. The van der Waals surface area contributed by atoms with Crippen LogP contribution in [-0.4, -0.2) is 32.8 Å². The van der Waals surface area contributed by atoms with Crippen molar-refractivity contribution in [1.82, 2.24) is 19.7 Å². The number of rotatable bonds is 4. The third-order valence-electron chi connectivity index (χ3n) is 2.98. The van der Waals surface area contributed by atoms with Gasteiger partial charge in [0.2, 0.25) is 0 Å². The normalized spacial score (nSPS) is 10.2.